The summed E-state index contributed by atoms with van der Waals surface area (Å²) < 4.78 is 5.70. The second-order valence-corrected chi connectivity index (χ2v) is 6.44. The zero-order valence-electron chi connectivity index (χ0n) is 14.3. The lowest BCUT2D eigenvalue weighted by molar-refractivity contribution is -0.119. The van der Waals surface area contributed by atoms with Gasteiger partial charge < -0.3 is 14.6 Å². The van der Waals surface area contributed by atoms with E-state index in [0.717, 1.165) is 0 Å². The first-order valence-corrected chi connectivity index (χ1v) is 8.07. The summed E-state index contributed by atoms with van der Waals surface area (Å²) in [6.07, 6.45) is 0. The van der Waals surface area contributed by atoms with Crippen molar-refractivity contribution in [1.82, 2.24) is 4.98 Å². The molecular formula is C18H21N3O3. The maximum atomic E-state index is 13.1. The van der Waals surface area contributed by atoms with Gasteiger partial charge in [-0.1, -0.05) is 32.9 Å². The van der Waals surface area contributed by atoms with Gasteiger partial charge in [0, 0.05) is 12.5 Å². The van der Waals surface area contributed by atoms with E-state index >= 15 is 0 Å². The van der Waals surface area contributed by atoms with Crippen LogP contribution in [0.1, 0.15) is 48.8 Å². The van der Waals surface area contributed by atoms with Crippen molar-refractivity contribution >= 4 is 23.2 Å². The summed E-state index contributed by atoms with van der Waals surface area (Å²) in [6, 6.07) is 7.28. The van der Waals surface area contributed by atoms with E-state index in [1.165, 1.54) is 0 Å². The lowest BCUT2D eigenvalue weighted by atomic mass is 10.1. The van der Waals surface area contributed by atoms with E-state index in [1.54, 1.807) is 24.8 Å². The largest absolute Gasteiger partial charge is 0.435 e. The van der Waals surface area contributed by atoms with Gasteiger partial charge in [0.1, 0.15) is 0 Å². The summed E-state index contributed by atoms with van der Waals surface area (Å²) in [4.78, 5) is 31.2. The quantitative estimate of drug-likeness (QED) is 0.918. The number of para-hydroxylation sites is 2. The Kier molecular flexibility index (Phi) is 4.13. The summed E-state index contributed by atoms with van der Waals surface area (Å²) in [5, 5.41) is 2.87. The van der Waals surface area contributed by atoms with Crippen molar-refractivity contribution in [3.05, 3.63) is 41.6 Å². The Bertz CT molecular complexity index is 795. The van der Waals surface area contributed by atoms with Crippen LogP contribution >= 0.6 is 0 Å². The smallest absolute Gasteiger partial charge is 0.296 e. The number of aromatic nitrogens is 1. The number of carbonyl (C=O) groups is 2. The maximum absolute atomic E-state index is 13.1. The molecule has 24 heavy (non-hydrogen) atoms. The van der Waals surface area contributed by atoms with Crippen molar-refractivity contribution in [2.75, 3.05) is 16.8 Å². The third-order valence-electron chi connectivity index (χ3n) is 4.10. The molecule has 6 nitrogen and oxygen atoms in total. The van der Waals surface area contributed by atoms with Crippen LogP contribution in [0.25, 0.3) is 0 Å². The number of oxazole rings is 1. The predicted molar refractivity (Wildman–Crippen MR) is 91.2 cm³/mol. The topological polar surface area (TPSA) is 75.4 Å². The Balaban J connectivity index is 2.04. The van der Waals surface area contributed by atoms with E-state index in [4.69, 9.17) is 4.42 Å². The molecule has 0 radical (unpaired) electrons. The molecule has 6 heteroatoms. The van der Waals surface area contributed by atoms with Crippen LogP contribution in [0.2, 0.25) is 0 Å². The van der Waals surface area contributed by atoms with Crippen LogP contribution in [0.15, 0.2) is 28.7 Å². The first-order valence-electron chi connectivity index (χ1n) is 8.07. The minimum Gasteiger partial charge on any atom is -0.435 e. The Morgan fingerprint density at radius 3 is 2.75 bits per heavy atom. The van der Waals surface area contributed by atoms with Gasteiger partial charge in [-0.25, -0.2) is 4.98 Å². The third kappa shape index (κ3) is 2.79. The standard InChI is InChI=1S/C18H21N3O3/c1-10(2)17-19-12(4)15(24-17)18(23)21-9-11(3)16(22)20-13-7-5-6-8-14(13)21/h5-8,10-11H,9H2,1-4H3,(H,20,22). The van der Waals surface area contributed by atoms with Crippen LogP contribution in [-0.2, 0) is 4.79 Å². The van der Waals surface area contributed by atoms with Crippen molar-refractivity contribution < 1.29 is 14.0 Å². The van der Waals surface area contributed by atoms with Gasteiger partial charge in [0.25, 0.3) is 5.91 Å². The van der Waals surface area contributed by atoms with Crippen molar-refractivity contribution in [3.8, 4) is 0 Å². The maximum Gasteiger partial charge on any atom is 0.296 e. The highest BCUT2D eigenvalue weighted by Crippen LogP contribution is 2.32. The Morgan fingerprint density at radius 1 is 1.38 bits per heavy atom. The molecule has 0 spiro atoms. The lowest BCUT2D eigenvalue weighted by Gasteiger charge is -2.22. The number of hydrogen-bond acceptors (Lipinski definition) is 4. The van der Waals surface area contributed by atoms with E-state index in [-0.39, 0.29) is 29.4 Å². The minimum absolute atomic E-state index is 0.101. The van der Waals surface area contributed by atoms with Crippen LogP contribution in [0, 0.1) is 12.8 Å². The molecule has 1 aliphatic heterocycles. The average molecular weight is 327 g/mol. The third-order valence-corrected chi connectivity index (χ3v) is 4.10. The molecule has 0 fully saturated rings. The molecule has 2 heterocycles. The first-order chi connectivity index (χ1) is 11.4. The molecule has 0 saturated heterocycles. The number of benzene rings is 1. The average Bonchev–Trinajstić information content (AvgIpc) is 2.88. The number of hydrogen-bond donors (Lipinski definition) is 1. The van der Waals surface area contributed by atoms with E-state index < -0.39 is 0 Å². The summed E-state index contributed by atoms with van der Waals surface area (Å²) in [6.45, 7) is 7.78. The van der Waals surface area contributed by atoms with Crippen molar-refractivity contribution in [1.29, 1.82) is 0 Å². The molecule has 1 aliphatic rings. The molecule has 126 valence electrons. The molecule has 1 unspecified atom stereocenters. The molecular weight excluding hydrogens is 306 g/mol. The number of nitrogens with one attached hydrogen (secondary N) is 1. The molecule has 1 N–H and O–H groups in total. The van der Waals surface area contributed by atoms with Gasteiger partial charge in [0.2, 0.25) is 11.7 Å². The highest BCUT2D eigenvalue weighted by atomic mass is 16.4. The first kappa shape index (κ1) is 16.2. The SMILES string of the molecule is Cc1nc(C(C)C)oc1C(=O)N1CC(C)C(=O)Nc2ccccc21. The predicted octanol–water partition coefficient (Wildman–Crippen LogP) is 3.34. The normalized spacial score (nSPS) is 17.5. The fourth-order valence-corrected chi connectivity index (χ4v) is 2.70. The lowest BCUT2D eigenvalue weighted by Crippen LogP contribution is -2.36. The minimum atomic E-state index is -0.325. The Hall–Kier alpha value is -2.63. The Labute approximate surface area is 140 Å². The van der Waals surface area contributed by atoms with Crippen molar-refractivity contribution in [3.63, 3.8) is 0 Å². The van der Waals surface area contributed by atoms with E-state index in [1.807, 2.05) is 32.0 Å². The van der Waals surface area contributed by atoms with Crippen LogP contribution in [0.4, 0.5) is 11.4 Å². The zero-order valence-corrected chi connectivity index (χ0v) is 14.3. The number of nitrogens with zero attached hydrogens (tertiary/aromatic N) is 2. The van der Waals surface area contributed by atoms with Crippen molar-refractivity contribution in [2.45, 2.75) is 33.6 Å². The van der Waals surface area contributed by atoms with Gasteiger partial charge in [-0.3, -0.25) is 9.59 Å². The molecule has 2 amide bonds. The molecule has 1 atom stereocenters. The van der Waals surface area contributed by atoms with Crippen LogP contribution in [0.5, 0.6) is 0 Å². The number of fused-ring (bicyclic) bond motifs is 1. The highest BCUT2D eigenvalue weighted by molar-refractivity contribution is 6.10. The second kappa shape index (κ2) is 6.11. The summed E-state index contributed by atoms with van der Waals surface area (Å²) >= 11 is 0. The van der Waals surface area contributed by atoms with Gasteiger partial charge in [-0.05, 0) is 19.1 Å². The van der Waals surface area contributed by atoms with Gasteiger partial charge in [-0.2, -0.15) is 0 Å². The second-order valence-electron chi connectivity index (χ2n) is 6.44. The van der Waals surface area contributed by atoms with Crippen molar-refractivity contribution in [2.24, 2.45) is 5.92 Å². The van der Waals surface area contributed by atoms with E-state index in [9.17, 15) is 9.59 Å². The molecule has 0 saturated carbocycles. The monoisotopic (exact) mass is 327 g/mol. The molecule has 1 aromatic carbocycles. The van der Waals surface area contributed by atoms with Crippen LogP contribution in [-0.4, -0.2) is 23.3 Å². The van der Waals surface area contributed by atoms with Gasteiger partial charge in [0.05, 0.1) is 23.0 Å². The molecule has 0 aliphatic carbocycles. The van der Waals surface area contributed by atoms with Crippen LogP contribution in [0.3, 0.4) is 0 Å². The number of amides is 2. The fraction of sp³-hybridized carbons (Fsp3) is 0.389. The fourth-order valence-electron chi connectivity index (χ4n) is 2.70. The number of aryl methyl sites for hydroxylation is 1. The summed E-state index contributed by atoms with van der Waals surface area (Å²) in [7, 11) is 0. The van der Waals surface area contributed by atoms with Gasteiger partial charge in [0.15, 0.2) is 5.89 Å². The van der Waals surface area contributed by atoms with E-state index in [2.05, 4.69) is 10.3 Å². The summed E-state index contributed by atoms with van der Waals surface area (Å²) in [5.74, 6) is 0.173. The zero-order chi connectivity index (χ0) is 17.4. The highest BCUT2D eigenvalue weighted by Gasteiger charge is 2.32. The van der Waals surface area contributed by atoms with E-state index in [0.29, 0.717) is 29.5 Å². The molecule has 0 bridgehead atoms. The number of rotatable bonds is 2. The molecule has 3 rings (SSSR count). The Morgan fingerprint density at radius 2 is 2.08 bits per heavy atom. The summed E-state index contributed by atoms with van der Waals surface area (Å²) in [5.41, 5.74) is 1.86. The molecule has 2 aromatic rings. The van der Waals surface area contributed by atoms with Crippen LogP contribution < -0.4 is 10.2 Å². The molecule has 1 aromatic heterocycles. The van der Waals surface area contributed by atoms with Gasteiger partial charge in [-0.15, -0.1) is 0 Å². The number of carbonyl (C=O) groups excluding carboxylic acids is 2. The number of anilines is 2. The van der Waals surface area contributed by atoms with Gasteiger partial charge >= 0.3 is 0 Å².